The van der Waals surface area contributed by atoms with Gasteiger partial charge in [0.1, 0.15) is 16.4 Å². The van der Waals surface area contributed by atoms with Crippen LogP contribution in [0.3, 0.4) is 0 Å². The Hall–Kier alpha value is -1.51. The highest BCUT2D eigenvalue weighted by Crippen LogP contribution is 2.37. The van der Waals surface area contributed by atoms with Crippen molar-refractivity contribution in [3.63, 3.8) is 0 Å². The summed E-state index contributed by atoms with van der Waals surface area (Å²) in [5.41, 5.74) is 4.97. The van der Waals surface area contributed by atoms with Gasteiger partial charge in [0.25, 0.3) is 0 Å². The molecule has 3 N–H and O–H groups in total. The molecule has 1 aliphatic heterocycles. The minimum absolute atomic E-state index is 0.0335. The molecule has 1 fully saturated rings. The maximum absolute atomic E-state index is 12.5. The Balaban J connectivity index is 2.44. The first-order valence-electron chi connectivity index (χ1n) is 5.95. The van der Waals surface area contributed by atoms with E-state index in [4.69, 9.17) is 15.2 Å². The predicted molar refractivity (Wildman–Crippen MR) is 73.3 cm³/mol. The molecule has 0 bridgehead atoms. The van der Waals surface area contributed by atoms with E-state index in [1.165, 1.54) is 30.7 Å². The monoisotopic (exact) mass is 302 g/mol. The van der Waals surface area contributed by atoms with Crippen LogP contribution < -0.4 is 15.2 Å². The van der Waals surface area contributed by atoms with Crippen LogP contribution in [0.5, 0.6) is 11.5 Å². The molecule has 1 saturated heterocycles. The van der Waals surface area contributed by atoms with E-state index in [9.17, 15) is 13.5 Å². The molecule has 0 saturated carbocycles. The summed E-state index contributed by atoms with van der Waals surface area (Å²) in [4.78, 5) is -0.0335. The Bertz CT molecular complexity index is 619. The summed E-state index contributed by atoms with van der Waals surface area (Å²) in [5.74, 6) is 0.499. The van der Waals surface area contributed by atoms with Crippen LogP contribution in [-0.4, -0.2) is 50.7 Å². The van der Waals surface area contributed by atoms with Crippen LogP contribution >= 0.6 is 0 Å². The summed E-state index contributed by atoms with van der Waals surface area (Å²) in [7, 11) is -0.943. The average Bonchev–Trinajstić information content (AvgIpc) is 2.35. The van der Waals surface area contributed by atoms with Gasteiger partial charge in [0.05, 0.1) is 25.5 Å². The van der Waals surface area contributed by atoms with Crippen molar-refractivity contribution in [2.45, 2.75) is 17.4 Å². The second kappa shape index (κ2) is 4.80. The summed E-state index contributed by atoms with van der Waals surface area (Å²) in [6, 6.07) is 2.74. The van der Waals surface area contributed by atoms with Gasteiger partial charge < -0.3 is 20.3 Å². The number of rotatable bonds is 4. The van der Waals surface area contributed by atoms with Crippen molar-refractivity contribution in [1.29, 1.82) is 0 Å². The molecule has 20 heavy (non-hydrogen) atoms. The van der Waals surface area contributed by atoms with Crippen LogP contribution in [0.15, 0.2) is 17.0 Å². The summed E-state index contributed by atoms with van der Waals surface area (Å²) >= 11 is 0. The molecule has 7 nitrogen and oxygen atoms in total. The van der Waals surface area contributed by atoms with Crippen LogP contribution in [-0.2, 0) is 10.0 Å². The van der Waals surface area contributed by atoms with E-state index in [1.54, 1.807) is 6.92 Å². The molecule has 0 unspecified atom stereocenters. The Morgan fingerprint density at radius 1 is 1.25 bits per heavy atom. The van der Waals surface area contributed by atoms with E-state index in [0.29, 0.717) is 5.75 Å². The van der Waals surface area contributed by atoms with Crippen molar-refractivity contribution in [3.8, 4) is 11.5 Å². The molecule has 1 aromatic carbocycles. The van der Waals surface area contributed by atoms with Gasteiger partial charge in [-0.05, 0) is 13.0 Å². The topological polar surface area (TPSA) is 102 Å². The second-order valence-electron chi connectivity index (χ2n) is 5.02. The average molecular weight is 302 g/mol. The Labute approximate surface area is 117 Å². The van der Waals surface area contributed by atoms with Crippen molar-refractivity contribution in [3.05, 3.63) is 12.1 Å². The lowest BCUT2D eigenvalue weighted by molar-refractivity contribution is -0.0426. The zero-order valence-corrected chi connectivity index (χ0v) is 12.4. The maximum atomic E-state index is 12.5. The lowest BCUT2D eigenvalue weighted by atomic mass is 10.0. The van der Waals surface area contributed by atoms with Crippen molar-refractivity contribution >= 4 is 15.7 Å². The van der Waals surface area contributed by atoms with Crippen molar-refractivity contribution < 1.29 is 23.0 Å². The molecule has 0 aromatic heterocycles. The standard InChI is InChI=1S/C12H18N2O5S/c1-12(15)6-14(7-12)20(16,17)11-4-8(13)9(18-2)5-10(11)19-3/h4-5,15H,6-7,13H2,1-3H3. The van der Waals surface area contributed by atoms with Gasteiger partial charge in [0.2, 0.25) is 10.0 Å². The van der Waals surface area contributed by atoms with Gasteiger partial charge in [0, 0.05) is 19.2 Å². The molecule has 1 heterocycles. The molecular weight excluding hydrogens is 284 g/mol. The number of methoxy groups -OCH3 is 2. The first kappa shape index (κ1) is 14.9. The highest BCUT2D eigenvalue weighted by atomic mass is 32.2. The molecule has 0 radical (unpaired) electrons. The Morgan fingerprint density at radius 2 is 1.80 bits per heavy atom. The van der Waals surface area contributed by atoms with Gasteiger partial charge in [-0.2, -0.15) is 4.31 Å². The SMILES string of the molecule is COc1cc(OC)c(S(=O)(=O)N2CC(C)(O)C2)cc1N. The van der Waals surface area contributed by atoms with E-state index in [2.05, 4.69) is 0 Å². The lowest BCUT2D eigenvalue weighted by Gasteiger charge is -2.42. The minimum Gasteiger partial charge on any atom is -0.495 e. The number of ether oxygens (including phenoxy) is 2. The molecule has 1 aliphatic rings. The predicted octanol–water partition coefficient (Wildman–Crippen LogP) is 0.0413. The zero-order chi connectivity index (χ0) is 15.1. The first-order valence-corrected chi connectivity index (χ1v) is 7.39. The summed E-state index contributed by atoms with van der Waals surface area (Å²) in [5, 5.41) is 9.68. The smallest absolute Gasteiger partial charge is 0.247 e. The molecule has 0 atom stereocenters. The van der Waals surface area contributed by atoms with Crippen molar-refractivity contribution in [1.82, 2.24) is 4.31 Å². The summed E-state index contributed by atoms with van der Waals surface area (Å²) in [6.07, 6.45) is 0. The molecule has 0 aliphatic carbocycles. The van der Waals surface area contributed by atoms with E-state index >= 15 is 0 Å². The number of sulfonamides is 1. The molecule has 0 amide bonds. The molecular formula is C12H18N2O5S. The summed E-state index contributed by atoms with van der Waals surface area (Å²) in [6.45, 7) is 1.67. The normalized spacial score (nSPS) is 18.4. The van der Waals surface area contributed by atoms with Crippen LogP contribution in [0.2, 0.25) is 0 Å². The highest BCUT2D eigenvalue weighted by Gasteiger charge is 2.44. The van der Waals surface area contributed by atoms with Gasteiger partial charge in [-0.15, -0.1) is 0 Å². The van der Waals surface area contributed by atoms with E-state index in [-0.39, 0.29) is 29.4 Å². The fourth-order valence-electron chi connectivity index (χ4n) is 2.12. The third kappa shape index (κ3) is 2.41. The van der Waals surface area contributed by atoms with E-state index < -0.39 is 15.6 Å². The van der Waals surface area contributed by atoms with E-state index in [0.717, 1.165) is 0 Å². The first-order chi connectivity index (χ1) is 9.21. The minimum atomic E-state index is -3.75. The fourth-order valence-corrected chi connectivity index (χ4v) is 3.96. The largest absolute Gasteiger partial charge is 0.495 e. The quantitative estimate of drug-likeness (QED) is 0.761. The van der Waals surface area contributed by atoms with Crippen molar-refractivity contribution in [2.75, 3.05) is 33.0 Å². The molecule has 112 valence electrons. The van der Waals surface area contributed by atoms with Gasteiger partial charge >= 0.3 is 0 Å². The number of anilines is 1. The number of hydrogen-bond donors (Lipinski definition) is 2. The molecule has 1 aromatic rings. The highest BCUT2D eigenvalue weighted by molar-refractivity contribution is 7.89. The van der Waals surface area contributed by atoms with Crippen LogP contribution in [0.4, 0.5) is 5.69 Å². The second-order valence-corrected chi connectivity index (χ2v) is 6.92. The fraction of sp³-hybridized carbons (Fsp3) is 0.500. The molecule has 2 rings (SSSR count). The van der Waals surface area contributed by atoms with Gasteiger partial charge in [-0.25, -0.2) is 8.42 Å². The molecule has 8 heteroatoms. The van der Waals surface area contributed by atoms with Gasteiger partial charge in [-0.3, -0.25) is 0 Å². The van der Waals surface area contributed by atoms with Gasteiger partial charge in [0.15, 0.2) is 0 Å². The number of nitrogens with zero attached hydrogens (tertiary/aromatic N) is 1. The number of benzene rings is 1. The third-order valence-electron chi connectivity index (χ3n) is 3.17. The third-order valence-corrected chi connectivity index (χ3v) is 4.98. The number of β-amino-alcohol motifs (C(OH)–C–C–N with tert-alkyl or cyclic N) is 1. The number of nitrogens with two attached hydrogens (primary N) is 1. The maximum Gasteiger partial charge on any atom is 0.247 e. The lowest BCUT2D eigenvalue weighted by Crippen LogP contribution is -2.61. The van der Waals surface area contributed by atoms with Crippen LogP contribution in [0, 0.1) is 0 Å². The van der Waals surface area contributed by atoms with E-state index in [1.807, 2.05) is 0 Å². The zero-order valence-electron chi connectivity index (χ0n) is 11.6. The number of nitrogen functional groups attached to an aromatic ring is 1. The van der Waals surface area contributed by atoms with Crippen molar-refractivity contribution in [2.24, 2.45) is 0 Å². The Morgan fingerprint density at radius 3 is 2.25 bits per heavy atom. The van der Waals surface area contributed by atoms with Crippen LogP contribution in [0.25, 0.3) is 0 Å². The van der Waals surface area contributed by atoms with Crippen LogP contribution in [0.1, 0.15) is 6.92 Å². The molecule has 0 spiro atoms. The summed E-state index contributed by atoms with van der Waals surface area (Å²) < 4.78 is 36.3. The number of hydrogen-bond acceptors (Lipinski definition) is 6. The number of aliphatic hydroxyl groups is 1. The van der Waals surface area contributed by atoms with Gasteiger partial charge in [-0.1, -0.05) is 0 Å². The Kier molecular flexibility index (Phi) is 3.57.